The molecule has 1 amide bonds. The minimum atomic E-state index is -0.114. The van der Waals surface area contributed by atoms with Crippen molar-refractivity contribution in [3.8, 4) is 0 Å². The van der Waals surface area contributed by atoms with Crippen LogP contribution in [-0.4, -0.2) is 26.5 Å². The van der Waals surface area contributed by atoms with E-state index < -0.39 is 0 Å². The van der Waals surface area contributed by atoms with Crippen LogP contribution in [0.4, 0.5) is 0 Å². The van der Waals surface area contributed by atoms with Gasteiger partial charge in [0.25, 0.3) is 5.91 Å². The number of nitrogens with zero attached hydrogens (tertiary/aromatic N) is 3. The molecule has 2 aromatic rings. The number of aryl methyl sites for hydroxylation is 2. The summed E-state index contributed by atoms with van der Waals surface area (Å²) >= 11 is 0. The van der Waals surface area contributed by atoms with Crippen molar-refractivity contribution in [3.63, 3.8) is 0 Å². The van der Waals surface area contributed by atoms with Gasteiger partial charge in [-0.3, -0.25) is 4.79 Å². The highest BCUT2D eigenvalue weighted by Crippen LogP contribution is 2.12. The van der Waals surface area contributed by atoms with Crippen molar-refractivity contribution >= 4 is 11.6 Å². The Morgan fingerprint density at radius 3 is 2.89 bits per heavy atom. The molecule has 18 heavy (non-hydrogen) atoms. The van der Waals surface area contributed by atoms with Gasteiger partial charge in [-0.15, -0.1) is 0 Å². The van der Waals surface area contributed by atoms with Crippen LogP contribution < -0.4 is 5.32 Å². The van der Waals surface area contributed by atoms with Crippen molar-refractivity contribution < 1.29 is 4.79 Å². The topological polar surface area (TPSA) is 59.3 Å². The number of rotatable bonds is 3. The Morgan fingerprint density at radius 2 is 2.22 bits per heavy atom. The van der Waals surface area contributed by atoms with E-state index in [0.717, 1.165) is 17.8 Å². The fraction of sp³-hybridized carbons (Fsp3) is 0.462. The lowest BCUT2D eigenvalue weighted by Crippen LogP contribution is -2.31. The SMILES string of the molecule is CC[C@H](C)NC(=O)c1cnn2c(C)cc(C)nc12. The van der Waals surface area contributed by atoms with Crippen molar-refractivity contribution in [1.82, 2.24) is 19.9 Å². The summed E-state index contributed by atoms with van der Waals surface area (Å²) in [5.74, 6) is -0.114. The van der Waals surface area contributed by atoms with Gasteiger partial charge >= 0.3 is 0 Å². The Kier molecular flexibility index (Phi) is 3.32. The highest BCUT2D eigenvalue weighted by molar-refractivity contribution is 5.99. The summed E-state index contributed by atoms with van der Waals surface area (Å²) in [6.45, 7) is 7.88. The highest BCUT2D eigenvalue weighted by atomic mass is 16.1. The molecule has 0 aliphatic heterocycles. The summed E-state index contributed by atoms with van der Waals surface area (Å²) in [4.78, 5) is 16.5. The molecule has 2 aromatic heterocycles. The first-order valence-corrected chi connectivity index (χ1v) is 6.15. The van der Waals surface area contributed by atoms with Crippen molar-refractivity contribution in [2.45, 2.75) is 40.2 Å². The molecule has 0 aromatic carbocycles. The Balaban J connectivity index is 2.43. The lowest BCUT2D eigenvalue weighted by molar-refractivity contribution is 0.0940. The summed E-state index contributed by atoms with van der Waals surface area (Å²) in [5, 5.41) is 7.14. The van der Waals surface area contributed by atoms with E-state index in [-0.39, 0.29) is 11.9 Å². The predicted octanol–water partition coefficient (Wildman–Crippen LogP) is 1.87. The van der Waals surface area contributed by atoms with Gasteiger partial charge in [-0.25, -0.2) is 9.50 Å². The second-order valence-corrected chi connectivity index (χ2v) is 4.62. The lowest BCUT2D eigenvalue weighted by atomic mass is 10.2. The zero-order valence-corrected chi connectivity index (χ0v) is 11.2. The zero-order chi connectivity index (χ0) is 13.3. The van der Waals surface area contributed by atoms with E-state index in [1.165, 1.54) is 0 Å². The summed E-state index contributed by atoms with van der Waals surface area (Å²) < 4.78 is 1.69. The lowest BCUT2D eigenvalue weighted by Gasteiger charge is -2.10. The number of hydrogen-bond acceptors (Lipinski definition) is 3. The third-order valence-corrected chi connectivity index (χ3v) is 3.01. The van der Waals surface area contributed by atoms with Crippen LogP contribution in [0.2, 0.25) is 0 Å². The monoisotopic (exact) mass is 246 g/mol. The maximum atomic E-state index is 12.1. The van der Waals surface area contributed by atoms with E-state index in [0.29, 0.717) is 11.2 Å². The molecule has 2 heterocycles. The Labute approximate surface area is 106 Å². The Bertz CT molecular complexity index is 588. The van der Waals surface area contributed by atoms with Crippen LogP contribution in [0.3, 0.4) is 0 Å². The minimum absolute atomic E-state index is 0.114. The highest BCUT2D eigenvalue weighted by Gasteiger charge is 2.16. The van der Waals surface area contributed by atoms with Gasteiger partial charge in [-0.2, -0.15) is 5.10 Å². The quantitative estimate of drug-likeness (QED) is 0.899. The van der Waals surface area contributed by atoms with Gasteiger partial charge in [0.2, 0.25) is 0 Å². The van der Waals surface area contributed by atoms with Crippen LogP contribution in [0.1, 0.15) is 42.0 Å². The molecule has 0 unspecified atom stereocenters. The largest absolute Gasteiger partial charge is 0.349 e. The average molecular weight is 246 g/mol. The average Bonchev–Trinajstić information content (AvgIpc) is 2.72. The molecule has 1 atom stereocenters. The second kappa shape index (κ2) is 4.76. The first-order chi connectivity index (χ1) is 8.52. The zero-order valence-electron chi connectivity index (χ0n) is 11.2. The normalized spacial score (nSPS) is 12.7. The van der Waals surface area contributed by atoms with Crippen LogP contribution in [0.5, 0.6) is 0 Å². The minimum Gasteiger partial charge on any atom is -0.349 e. The van der Waals surface area contributed by atoms with Gasteiger partial charge in [-0.05, 0) is 33.3 Å². The third-order valence-electron chi connectivity index (χ3n) is 3.01. The number of carbonyl (C=O) groups is 1. The molecule has 96 valence electrons. The maximum absolute atomic E-state index is 12.1. The number of nitrogens with one attached hydrogen (secondary N) is 1. The van der Waals surface area contributed by atoms with E-state index in [1.807, 2.05) is 33.8 Å². The van der Waals surface area contributed by atoms with Gasteiger partial charge in [0.15, 0.2) is 5.65 Å². The molecule has 1 N–H and O–H groups in total. The van der Waals surface area contributed by atoms with Crippen LogP contribution >= 0.6 is 0 Å². The van der Waals surface area contributed by atoms with E-state index in [2.05, 4.69) is 15.4 Å². The molecule has 0 fully saturated rings. The fourth-order valence-corrected chi connectivity index (χ4v) is 1.83. The summed E-state index contributed by atoms with van der Waals surface area (Å²) in [7, 11) is 0. The molecule has 0 saturated heterocycles. The number of amides is 1. The van der Waals surface area contributed by atoms with E-state index in [4.69, 9.17) is 0 Å². The Hall–Kier alpha value is -1.91. The molecule has 2 rings (SSSR count). The number of fused-ring (bicyclic) bond motifs is 1. The summed E-state index contributed by atoms with van der Waals surface area (Å²) in [6.07, 6.45) is 2.48. The van der Waals surface area contributed by atoms with Gasteiger partial charge in [0.05, 0.1) is 6.20 Å². The molecular weight excluding hydrogens is 228 g/mol. The fourth-order valence-electron chi connectivity index (χ4n) is 1.83. The van der Waals surface area contributed by atoms with Gasteiger partial charge in [0, 0.05) is 17.4 Å². The number of carbonyl (C=O) groups excluding carboxylic acids is 1. The third kappa shape index (κ3) is 2.20. The number of hydrogen-bond donors (Lipinski definition) is 1. The first kappa shape index (κ1) is 12.5. The Morgan fingerprint density at radius 1 is 1.50 bits per heavy atom. The molecule has 0 saturated carbocycles. The van der Waals surface area contributed by atoms with E-state index in [9.17, 15) is 4.79 Å². The van der Waals surface area contributed by atoms with Crippen LogP contribution in [0.15, 0.2) is 12.3 Å². The molecule has 0 aliphatic carbocycles. The first-order valence-electron chi connectivity index (χ1n) is 6.15. The molecule has 0 bridgehead atoms. The molecular formula is C13H18N4O. The molecule has 0 radical (unpaired) electrons. The van der Waals surface area contributed by atoms with E-state index >= 15 is 0 Å². The second-order valence-electron chi connectivity index (χ2n) is 4.62. The molecule has 0 aliphatic rings. The molecule has 5 nitrogen and oxygen atoms in total. The van der Waals surface area contributed by atoms with Crippen molar-refractivity contribution in [2.24, 2.45) is 0 Å². The smallest absolute Gasteiger partial charge is 0.256 e. The van der Waals surface area contributed by atoms with Crippen LogP contribution in [0, 0.1) is 13.8 Å². The van der Waals surface area contributed by atoms with Gasteiger partial charge < -0.3 is 5.32 Å². The van der Waals surface area contributed by atoms with E-state index in [1.54, 1.807) is 10.7 Å². The summed E-state index contributed by atoms with van der Waals surface area (Å²) in [6, 6.07) is 2.09. The van der Waals surface area contributed by atoms with Crippen LogP contribution in [-0.2, 0) is 0 Å². The molecule has 5 heteroatoms. The van der Waals surface area contributed by atoms with Crippen molar-refractivity contribution in [3.05, 3.63) is 29.2 Å². The van der Waals surface area contributed by atoms with Crippen LogP contribution in [0.25, 0.3) is 5.65 Å². The number of aromatic nitrogens is 3. The maximum Gasteiger partial charge on any atom is 0.256 e. The summed E-state index contributed by atoms with van der Waals surface area (Å²) in [5.41, 5.74) is 3.01. The molecule has 0 spiro atoms. The van der Waals surface area contributed by atoms with Gasteiger partial charge in [-0.1, -0.05) is 6.92 Å². The van der Waals surface area contributed by atoms with Crippen molar-refractivity contribution in [2.75, 3.05) is 0 Å². The predicted molar refractivity (Wildman–Crippen MR) is 69.7 cm³/mol. The standard InChI is InChI=1S/C13H18N4O/c1-5-8(2)16-13(18)11-7-14-17-10(4)6-9(3)15-12(11)17/h6-8H,5H2,1-4H3,(H,16,18)/t8-/m0/s1. The van der Waals surface area contributed by atoms with Gasteiger partial charge in [0.1, 0.15) is 5.56 Å². The van der Waals surface area contributed by atoms with Crippen molar-refractivity contribution in [1.29, 1.82) is 0 Å².